The van der Waals surface area contributed by atoms with E-state index in [0.717, 1.165) is 40.6 Å². The zero-order valence-corrected chi connectivity index (χ0v) is 16.1. The number of H-pyrrole nitrogens is 1. The first-order chi connectivity index (χ1) is 12.7. The van der Waals surface area contributed by atoms with E-state index in [2.05, 4.69) is 9.78 Å². The summed E-state index contributed by atoms with van der Waals surface area (Å²) in [7, 11) is 1.66. The Labute approximate surface area is 157 Å². The Morgan fingerprint density at radius 3 is 2.50 bits per heavy atom. The summed E-state index contributed by atoms with van der Waals surface area (Å²) in [5, 5.41) is 4.09. The Morgan fingerprint density at radius 2 is 1.85 bits per heavy atom. The fraction of sp³-hybridized carbons (Fsp3) is 0.500. The van der Waals surface area contributed by atoms with E-state index in [1.807, 2.05) is 31.2 Å². The van der Waals surface area contributed by atoms with Gasteiger partial charge in [-0.25, -0.2) is 4.99 Å². The summed E-state index contributed by atoms with van der Waals surface area (Å²) in [6.07, 6.45) is 7.25. The van der Waals surface area contributed by atoms with E-state index < -0.39 is 0 Å². The van der Waals surface area contributed by atoms with Gasteiger partial charge in [-0.1, -0.05) is 49.6 Å². The van der Waals surface area contributed by atoms with Gasteiger partial charge in [0.2, 0.25) is 0 Å². The lowest BCUT2D eigenvalue weighted by atomic mass is 10.1. The summed E-state index contributed by atoms with van der Waals surface area (Å²) in [5.74, 6) is 1.66. The molecule has 1 fully saturated rings. The standard InChI is InChI=1S/C20H25N3O2S/c1-13-21-19-17(18(26-13)14-9-11-16(25-2)12-10-14)20(24)22-23(19)15-7-5-3-4-6-8-15/h9-12,15,18H,3-8H2,1-2H3,(H,22,24)/t18-/m1/s1. The van der Waals surface area contributed by atoms with Crippen molar-refractivity contribution < 1.29 is 4.74 Å². The van der Waals surface area contributed by atoms with Crippen LogP contribution in [0.1, 0.15) is 67.9 Å². The van der Waals surface area contributed by atoms with Crippen molar-refractivity contribution in [3.63, 3.8) is 0 Å². The first-order valence-electron chi connectivity index (χ1n) is 9.37. The van der Waals surface area contributed by atoms with Crippen LogP contribution in [0, 0.1) is 0 Å². The van der Waals surface area contributed by atoms with E-state index in [-0.39, 0.29) is 10.8 Å². The highest BCUT2D eigenvalue weighted by molar-refractivity contribution is 8.14. The minimum Gasteiger partial charge on any atom is -0.497 e. The van der Waals surface area contributed by atoms with Crippen molar-refractivity contribution in [2.75, 3.05) is 7.11 Å². The lowest BCUT2D eigenvalue weighted by Gasteiger charge is -2.23. The number of aromatic nitrogens is 2. The van der Waals surface area contributed by atoms with E-state index in [4.69, 9.17) is 9.73 Å². The molecule has 5 nitrogen and oxygen atoms in total. The smallest absolute Gasteiger partial charge is 0.271 e. The Bertz CT molecular complexity index is 858. The number of aromatic amines is 1. The molecule has 2 aromatic rings. The van der Waals surface area contributed by atoms with Gasteiger partial charge in [0, 0.05) is 0 Å². The average Bonchev–Trinajstić information content (AvgIpc) is 2.84. The Kier molecular flexibility index (Phi) is 4.94. The van der Waals surface area contributed by atoms with E-state index in [9.17, 15) is 4.79 Å². The number of benzene rings is 1. The van der Waals surface area contributed by atoms with E-state index in [1.54, 1.807) is 18.9 Å². The van der Waals surface area contributed by atoms with Gasteiger partial charge in [-0.05, 0) is 37.5 Å². The van der Waals surface area contributed by atoms with Crippen molar-refractivity contribution >= 4 is 22.6 Å². The molecule has 2 heterocycles. The van der Waals surface area contributed by atoms with Crippen molar-refractivity contribution in [2.45, 2.75) is 56.7 Å². The first kappa shape index (κ1) is 17.5. The maximum Gasteiger partial charge on any atom is 0.271 e. The van der Waals surface area contributed by atoms with Gasteiger partial charge in [0.05, 0.1) is 29.0 Å². The summed E-state index contributed by atoms with van der Waals surface area (Å²) in [4.78, 5) is 17.6. The molecule has 6 heteroatoms. The van der Waals surface area contributed by atoms with E-state index >= 15 is 0 Å². The monoisotopic (exact) mass is 371 g/mol. The predicted octanol–water partition coefficient (Wildman–Crippen LogP) is 4.97. The first-order valence-corrected chi connectivity index (χ1v) is 10.3. The van der Waals surface area contributed by atoms with Gasteiger partial charge in [0.25, 0.3) is 5.56 Å². The minimum absolute atomic E-state index is 0.00573. The zero-order chi connectivity index (χ0) is 18.1. The fourth-order valence-electron chi connectivity index (χ4n) is 4.00. The molecule has 1 saturated carbocycles. The van der Waals surface area contributed by atoms with Crippen LogP contribution in [0.2, 0.25) is 0 Å². The number of methoxy groups -OCH3 is 1. The number of hydrogen-bond donors (Lipinski definition) is 1. The number of hydrogen-bond acceptors (Lipinski definition) is 4. The van der Waals surface area contributed by atoms with Gasteiger partial charge in [0.15, 0.2) is 5.82 Å². The number of rotatable bonds is 3. The summed E-state index contributed by atoms with van der Waals surface area (Å²) in [5.41, 5.74) is 1.89. The molecule has 1 aromatic carbocycles. The summed E-state index contributed by atoms with van der Waals surface area (Å²) in [6, 6.07) is 8.34. The number of nitrogens with one attached hydrogen (secondary N) is 1. The highest BCUT2D eigenvalue weighted by atomic mass is 32.2. The lowest BCUT2D eigenvalue weighted by Crippen LogP contribution is -2.13. The molecule has 1 aromatic heterocycles. The molecule has 0 bridgehead atoms. The molecule has 0 spiro atoms. The number of aliphatic imine (C=N–C) groups is 1. The molecular formula is C20H25N3O2S. The van der Waals surface area contributed by atoms with Crippen LogP contribution in [0.3, 0.4) is 0 Å². The third-order valence-electron chi connectivity index (χ3n) is 5.36. The number of fused-ring (bicyclic) bond motifs is 1. The van der Waals surface area contributed by atoms with Crippen LogP contribution in [0.5, 0.6) is 5.75 Å². The molecule has 4 rings (SSSR count). The molecule has 0 radical (unpaired) electrons. The molecule has 0 saturated heterocycles. The molecule has 1 N–H and O–H groups in total. The van der Waals surface area contributed by atoms with Crippen LogP contribution in [-0.4, -0.2) is 21.9 Å². The van der Waals surface area contributed by atoms with Gasteiger partial charge in [-0.15, -0.1) is 0 Å². The van der Waals surface area contributed by atoms with Crippen molar-refractivity contribution in [1.82, 2.24) is 9.78 Å². The SMILES string of the molecule is COc1ccc([C@H]2SC(C)=Nc3c2c(=O)[nH]n3C2CCCCCC2)cc1. The summed E-state index contributed by atoms with van der Waals surface area (Å²) in [6.45, 7) is 2.03. The Hall–Kier alpha value is -1.95. The van der Waals surface area contributed by atoms with Gasteiger partial charge < -0.3 is 4.74 Å². The predicted molar refractivity (Wildman–Crippen MR) is 107 cm³/mol. The molecule has 0 amide bonds. The number of nitrogens with zero attached hydrogens (tertiary/aromatic N) is 2. The number of ether oxygens (including phenoxy) is 1. The average molecular weight is 372 g/mol. The largest absolute Gasteiger partial charge is 0.497 e. The van der Waals surface area contributed by atoms with Crippen LogP contribution in [0.4, 0.5) is 5.82 Å². The third kappa shape index (κ3) is 3.22. The van der Waals surface area contributed by atoms with Crippen molar-refractivity contribution in [3.8, 4) is 5.75 Å². The molecule has 0 unspecified atom stereocenters. The van der Waals surface area contributed by atoms with Crippen LogP contribution in [0.15, 0.2) is 34.1 Å². The molecule has 1 aliphatic heterocycles. The minimum atomic E-state index is -0.0239. The van der Waals surface area contributed by atoms with Crippen LogP contribution < -0.4 is 10.3 Å². The molecule has 2 aliphatic rings. The van der Waals surface area contributed by atoms with Crippen LogP contribution in [0.25, 0.3) is 0 Å². The van der Waals surface area contributed by atoms with Crippen molar-refractivity contribution in [3.05, 3.63) is 45.7 Å². The van der Waals surface area contributed by atoms with E-state index in [0.29, 0.717) is 6.04 Å². The Balaban J connectivity index is 1.76. The van der Waals surface area contributed by atoms with Crippen molar-refractivity contribution in [1.29, 1.82) is 0 Å². The maximum atomic E-state index is 12.8. The quantitative estimate of drug-likeness (QED) is 0.775. The van der Waals surface area contributed by atoms with Gasteiger partial charge in [-0.3, -0.25) is 14.6 Å². The normalized spacial score (nSPS) is 21.0. The third-order valence-corrected chi connectivity index (χ3v) is 6.53. The van der Waals surface area contributed by atoms with Gasteiger partial charge >= 0.3 is 0 Å². The lowest BCUT2D eigenvalue weighted by molar-refractivity contribution is 0.407. The molecule has 138 valence electrons. The topological polar surface area (TPSA) is 59.4 Å². The second-order valence-electron chi connectivity index (χ2n) is 7.10. The zero-order valence-electron chi connectivity index (χ0n) is 15.3. The molecular weight excluding hydrogens is 346 g/mol. The highest BCUT2D eigenvalue weighted by Gasteiger charge is 2.32. The van der Waals surface area contributed by atoms with Crippen LogP contribution >= 0.6 is 11.8 Å². The Morgan fingerprint density at radius 1 is 1.15 bits per heavy atom. The highest BCUT2D eigenvalue weighted by Crippen LogP contribution is 2.45. The maximum absolute atomic E-state index is 12.8. The second kappa shape index (κ2) is 7.35. The summed E-state index contributed by atoms with van der Waals surface area (Å²) < 4.78 is 7.32. The second-order valence-corrected chi connectivity index (χ2v) is 8.39. The van der Waals surface area contributed by atoms with E-state index in [1.165, 1.54) is 25.7 Å². The van der Waals surface area contributed by atoms with Gasteiger partial charge in [-0.2, -0.15) is 0 Å². The summed E-state index contributed by atoms with van der Waals surface area (Å²) >= 11 is 1.65. The fourth-order valence-corrected chi connectivity index (χ4v) is 5.11. The molecule has 1 atom stereocenters. The molecule has 1 aliphatic carbocycles. The van der Waals surface area contributed by atoms with Crippen molar-refractivity contribution in [2.24, 2.45) is 4.99 Å². The van der Waals surface area contributed by atoms with Gasteiger partial charge in [0.1, 0.15) is 5.75 Å². The number of thioether (sulfide) groups is 1. The van der Waals surface area contributed by atoms with Crippen LogP contribution in [-0.2, 0) is 0 Å². The molecule has 26 heavy (non-hydrogen) atoms.